The van der Waals surface area contributed by atoms with E-state index in [-0.39, 0.29) is 24.5 Å². The van der Waals surface area contributed by atoms with Crippen molar-refractivity contribution in [1.82, 2.24) is 10.2 Å². The van der Waals surface area contributed by atoms with E-state index in [9.17, 15) is 4.79 Å². The van der Waals surface area contributed by atoms with Crippen molar-refractivity contribution in [3.63, 3.8) is 0 Å². The van der Waals surface area contributed by atoms with Gasteiger partial charge in [0.05, 0.1) is 25.2 Å². The number of nitrogens with one attached hydrogen (secondary N) is 1. The van der Waals surface area contributed by atoms with E-state index in [4.69, 9.17) is 9.84 Å². The number of aliphatic hydroxyl groups excluding tert-OH is 1. The van der Waals surface area contributed by atoms with Gasteiger partial charge in [-0.25, -0.2) is 0 Å². The molecule has 1 amide bonds. The molecule has 2 fully saturated rings. The van der Waals surface area contributed by atoms with Crippen molar-refractivity contribution in [2.24, 2.45) is 5.92 Å². The largest absolute Gasteiger partial charge is 0.394 e. The summed E-state index contributed by atoms with van der Waals surface area (Å²) in [4.78, 5) is 14.0. The lowest BCUT2D eigenvalue weighted by Gasteiger charge is -2.35. The van der Waals surface area contributed by atoms with Gasteiger partial charge in [-0.1, -0.05) is 0 Å². The van der Waals surface area contributed by atoms with Crippen LogP contribution in [-0.4, -0.2) is 61.4 Å². The van der Waals surface area contributed by atoms with E-state index in [1.54, 1.807) is 0 Å². The maximum Gasteiger partial charge on any atom is 0.227 e. The Morgan fingerprint density at radius 1 is 1.56 bits per heavy atom. The molecule has 1 unspecified atom stereocenters. The molecule has 2 saturated heterocycles. The number of hydrogen-bond donors (Lipinski definition) is 2. The Morgan fingerprint density at radius 2 is 2.44 bits per heavy atom. The van der Waals surface area contributed by atoms with Crippen LogP contribution in [0.2, 0.25) is 0 Å². The SMILES string of the molecule is O=C([C@H]1CCCNC1)N1CCOC(CO)C1. The molecule has 2 aliphatic heterocycles. The number of amides is 1. The van der Waals surface area contributed by atoms with Crippen molar-refractivity contribution in [1.29, 1.82) is 0 Å². The molecule has 0 radical (unpaired) electrons. The van der Waals surface area contributed by atoms with Crippen LogP contribution in [0.3, 0.4) is 0 Å². The second-order valence-corrected chi connectivity index (χ2v) is 4.50. The fourth-order valence-electron chi connectivity index (χ4n) is 2.35. The number of nitrogens with zero attached hydrogens (tertiary/aromatic N) is 1. The molecule has 0 saturated carbocycles. The molecule has 0 spiro atoms. The van der Waals surface area contributed by atoms with E-state index in [1.807, 2.05) is 4.90 Å². The van der Waals surface area contributed by atoms with E-state index in [1.165, 1.54) is 0 Å². The lowest BCUT2D eigenvalue weighted by atomic mass is 9.98. The van der Waals surface area contributed by atoms with Crippen LogP contribution in [0.1, 0.15) is 12.8 Å². The van der Waals surface area contributed by atoms with Gasteiger partial charge >= 0.3 is 0 Å². The first-order valence-electron chi connectivity index (χ1n) is 6.03. The number of ether oxygens (including phenoxy) is 1. The molecule has 2 rings (SSSR count). The smallest absolute Gasteiger partial charge is 0.227 e. The van der Waals surface area contributed by atoms with E-state index in [2.05, 4.69) is 5.32 Å². The normalized spacial score (nSPS) is 31.4. The monoisotopic (exact) mass is 228 g/mol. The van der Waals surface area contributed by atoms with Gasteiger partial charge in [0.1, 0.15) is 0 Å². The third-order valence-electron chi connectivity index (χ3n) is 3.30. The van der Waals surface area contributed by atoms with Crippen LogP contribution in [0.5, 0.6) is 0 Å². The Balaban J connectivity index is 1.87. The highest BCUT2D eigenvalue weighted by Crippen LogP contribution is 2.15. The van der Waals surface area contributed by atoms with Crippen molar-refractivity contribution >= 4 is 5.91 Å². The van der Waals surface area contributed by atoms with Gasteiger partial charge < -0.3 is 20.1 Å². The summed E-state index contributed by atoms with van der Waals surface area (Å²) in [6, 6.07) is 0. The van der Waals surface area contributed by atoms with Gasteiger partial charge in [-0.05, 0) is 19.4 Å². The van der Waals surface area contributed by atoms with Gasteiger partial charge in [-0.2, -0.15) is 0 Å². The van der Waals surface area contributed by atoms with Gasteiger partial charge in [0.25, 0.3) is 0 Å². The quantitative estimate of drug-likeness (QED) is 0.650. The molecule has 2 atom stereocenters. The zero-order chi connectivity index (χ0) is 11.4. The summed E-state index contributed by atoms with van der Waals surface area (Å²) in [6.07, 6.45) is 1.85. The maximum absolute atomic E-state index is 12.2. The van der Waals surface area contributed by atoms with Crippen molar-refractivity contribution in [3.8, 4) is 0 Å². The topological polar surface area (TPSA) is 61.8 Å². The minimum atomic E-state index is -0.200. The molecule has 0 aromatic rings. The predicted octanol–water partition coefficient (Wildman–Crippen LogP) is -0.794. The molecule has 5 heteroatoms. The summed E-state index contributed by atoms with van der Waals surface area (Å²) in [5, 5.41) is 12.3. The average Bonchev–Trinajstić information content (AvgIpc) is 2.39. The summed E-state index contributed by atoms with van der Waals surface area (Å²) in [6.45, 7) is 3.54. The molecule has 0 aromatic heterocycles. The fourth-order valence-corrected chi connectivity index (χ4v) is 2.35. The summed E-state index contributed by atoms with van der Waals surface area (Å²) >= 11 is 0. The molecular formula is C11H20N2O3. The second-order valence-electron chi connectivity index (χ2n) is 4.50. The molecule has 2 aliphatic rings. The fraction of sp³-hybridized carbons (Fsp3) is 0.909. The molecule has 2 heterocycles. The average molecular weight is 228 g/mol. The third kappa shape index (κ3) is 2.72. The maximum atomic E-state index is 12.2. The number of carbonyl (C=O) groups excluding carboxylic acids is 1. The number of morpholine rings is 1. The summed E-state index contributed by atoms with van der Waals surface area (Å²) in [5.41, 5.74) is 0. The molecule has 0 aliphatic carbocycles. The van der Waals surface area contributed by atoms with Crippen molar-refractivity contribution in [2.75, 3.05) is 39.4 Å². The van der Waals surface area contributed by atoms with Gasteiger partial charge in [0.15, 0.2) is 0 Å². The van der Waals surface area contributed by atoms with Crippen LogP contribution < -0.4 is 5.32 Å². The number of piperidine rings is 1. The molecule has 2 N–H and O–H groups in total. The zero-order valence-electron chi connectivity index (χ0n) is 9.52. The minimum absolute atomic E-state index is 0.00725. The second kappa shape index (κ2) is 5.61. The van der Waals surface area contributed by atoms with Crippen molar-refractivity contribution in [3.05, 3.63) is 0 Å². The van der Waals surface area contributed by atoms with Crippen LogP contribution >= 0.6 is 0 Å². The van der Waals surface area contributed by atoms with Crippen LogP contribution in [0.4, 0.5) is 0 Å². The van der Waals surface area contributed by atoms with Crippen LogP contribution in [0, 0.1) is 5.92 Å². The van der Waals surface area contributed by atoms with Crippen molar-refractivity contribution in [2.45, 2.75) is 18.9 Å². The highest BCUT2D eigenvalue weighted by Gasteiger charge is 2.29. The molecule has 5 nitrogen and oxygen atoms in total. The molecule has 0 aromatic carbocycles. The number of carbonyl (C=O) groups is 1. The highest BCUT2D eigenvalue weighted by atomic mass is 16.5. The predicted molar refractivity (Wildman–Crippen MR) is 59.0 cm³/mol. The molecule has 16 heavy (non-hydrogen) atoms. The van der Waals surface area contributed by atoms with E-state index in [0.717, 1.165) is 25.9 Å². The van der Waals surface area contributed by atoms with Gasteiger partial charge in [-0.3, -0.25) is 4.79 Å². The molecule has 92 valence electrons. The van der Waals surface area contributed by atoms with Gasteiger partial charge in [0, 0.05) is 19.6 Å². The first kappa shape index (κ1) is 11.8. The lowest BCUT2D eigenvalue weighted by molar-refractivity contribution is -0.145. The number of hydrogen-bond acceptors (Lipinski definition) is 4. The Labute approximate surface area is 95.8 Å². The van der Waals surface area contributed by atoms with Crippen LogP contribution in [-0.2, 0) is 9.53 Å². The number of aliphatic hydroxyl groups is 1. The molecule has 0 bridgehead atoms. The highest BCUT2D eigenvalue weighted by molar-refractivity contribution is 5.79. The first-order valence-corrected chi connectivity index (χ1v) is 6.03. The molecular weight excluding hydrogens is 208 g/mol. The van der Waals surface area contributed by atoms with E-state index >= 15 is 0 Å². The summed E-state index contributed by atoms with van der Waals surface area (Å²) in [5.74, 6) is 0.333. The lowest BCUT2D eigenvalue weighted by Crippen LogP contribution is -2.51. The Hall–Kier alpha value is -0.650. The third-order valence-corrected chi connectivity index (χ3v) is 3.30. The Kier molecular flexibility index (Phi) is 4.15. The van der Waals surface area contributed by atoms with Gasteiger partial charge in [0.2, 0.25) is 5.91 Å². The number of rotatable bonds is 2. The standard InChI is InChI=1S/C11H20N2O3/c14-8-10-7-13(4-5-16-10)11(15)9-2-1-3-12-6-9/h9-10,12,14H,1-8H2/t9-,10?/m0/s1. The van der Waals surface area contributed by atoms with Crippen LogP contribution in [0.15, 0.2) is 0 Å². The van der Waals surface area contributed by atoms with E-state index in [0.29, 0.717) is 19.7 Å². The van der Waals surface area contributed by atoms with E-state index < -0.39 is 0 Å². The Morgan fingerprint density at radius 3 is 3.12 bits per heavy atom. The first-order chi connectivity index (χ1) is 7.81. The summed E-state index contributed by atoms with van der Waals surface area (Å²) in [7, 11) is 0. The minimum Gasteiger partial charge on any atom is -0.394 e. The van der Waals surface area contributed by atoms with Crippen molar-refractivity contribution < 1.29 is 14.6 Å². The zero-order valence-corrected chi connectivity index (χ0v) is 9.52. The van der Waals surface area contributed by atoms with Gasteiger partial charge in [-0.15, -0.1) is 0 Å². The summed E-state index contributed by atoms with van der Waals surface area (Å²) < 4.78 is 5.34. The Bertz CT molecular complexity index is 241. The van der Waals surface area contributed by atoms with Crippen LogP contribution in [0.25, 0.3) is 0 Å².